The van der Waals surface area contributed by atoms with Crippen LogP contribution in [-0.2, 0) is 6.42 Å². The maximum Gasteiger partial charge on any atom is 0.341 e. The van der Waals surface area contributed by atoms with Crippen molar-refractivity contribution in [1.29, 1.82) is 0 Å². The highest BCUT2D eigenvalue weighted by atomic mass is 16.5. The Labute approximate surface area is 171 Å². The van der Waals surface area contributed by atoms with Gasteiger partial charge in [0.25, 0.3) is 5.91 Å². The summed E-state index contributed by atoms with van der Waals surface area (Å²) < 4.78 is 5.41. The van der Waals surface area contributed by atoms with Crippen molar-refractivity contribution in [2.75, 3.05) is 13.7 Å². The van der Waals surface area contributed by atoms with E-state index < -0.39 is 5.69 Å². The van der Waals surface area contributed by atoms with E-state index in [1.165, 1.54) is 10.9 Å². The summed E-state index contributed by atoms with van der Waals surface area (Å²) in [6, 6.07) is 13.8. The number of para-hydroxylation sites is 1. The van der Waals surface area contributed by atoms with E-state index in [-0.39, 0.29) is 17.8 Å². The van der Waals surface area contributed by atoms with E-state index in [4.69, 9.17) is 4.74 Å². The summed E-state index contributed by atoms with van der Waals surface area (Å²) >= 11 is 0. The number of carbonyl (C=O) groups excluding carboxylic acids is 1. The average molecular weight is 403 g/mol. The second-order valence-corrected chi connectivity index (χ2v) is 7.47. The molecule has 0 radical (unpaired) electrons. The summed E-state index contributed by atoms with van der Waals surface area (Å²) in [6.45, 7) is 2.49. The van der Waals surface area contributed by atoms with E-state index in [1.54, 1.807) is 12.0 Å². The molecule has 1 aliphatic heterocycles. The molecule has 3 N–H and O–H groups in total. The fraction of sp³-hybridized carbons (Fsp3) is 0.227. The van der Waals surface area contributed by atoms with Crippen molar-refractivity contribution in [3.63, 3.8) is 0 Å². The normalized spacial score (nSPS) is 15.9. The lowest BCUT2D eigenvalue weighted by atomic mass is 9.91. The van der Waals surface area contributed by atoms with Gasteiger partial charge in [0.2, 0.25) is 5.82 Å². The van der Waals surface area contributed by atoms with Gasteiger partial charge in [-0.15, -0.1) is 5.10 Å². The quantitative estimate of drug-likeness (QED) is 0.489. The molecule has 0 saturated carbocycles. The number of benzene rings is 2. The molecule has 0 aliphatic carbocycles. The summed E-state index contributed by atoms with van der Waals surface area (Å²) in [5.74, 6) is 0.479. The number of aromatic nitrogens is 4. The number of aromatic amines is 3. The molecule has 152 valence electrons. The Balaban J connectivity index is 1.68. The number of rotatable bonds is 3. The number of fused-ring (bicyclic) bond motifs is 3. The molecule has 8 nitrogen and oxygen atoms in total. The van der Waals surface area contributed by atoms with E-state index in [1.807, 2.05) is 43.3 Å². The van der Waals surface area contributed by atoms with Crippen molar-refractivity contribution in [2.45, 2.75) is 19.4 Å². The Morgan fingerprint density at radius 1 is 1.20 bits per heavy atom. The summed E-state index contributed by atoms with van der Waals surface area (Å²) in [5.41, 5.74) is 4.69. The van der Waals surface area contributed by atoms with Crippen LogP contribution in [0.3, 0.4) is 0 Å². The van der Waals surface area contributed by atoms with Crippen LogP contribution in [0.2, 0.25) is 0 Å². The van der Waals surface area contributed by atoms with E-state index in [0.717, 1.165) is 28.1 Å². The standard InChI is InChI=1S/C22H21N5O3/c1-12-11-13(7-8-17(12)30-2)19-18-15(14-5-3-4-6-16(14)23-18)9-10-27(19)21(28)20-24-22(29)26-25-20/h3-8,11,19,23H,9-10H2,1-2H3,(H2,24,25,26,29). The molecule has 3 heterocycles. The summed E-state index contributed by atoms with van der Waals surface area (Å²) in [7, 11) is 1.64. The molecule has 2 aromatic carbocycles. The Morgan fingerprint density at radius 3 is 2.77 bits per heavy atom. The molecule has 30 heavy (non-hydrogen) atoms. The van der Waals surface area contributed by atoms with Gasteiger partial charge in [-0.1, -0.05) is 24.3 Å². The number of nitrogens with one attached hydrogen (secondary N) is 3. The van der Waals surface area contributed by atoms with Crippen LogP contribution < -0.4 is 10.4 Å². The van der Waals surface area contributed by atoms with Crippen LogP contribution >= 0.6 is 0 Å². The summed E-state index contributed by atoms with van der Waals surface area (Å²) in [5, 5.41) is 7.29. The molecule has 5 rings (SSSR count). The van der Waals surface area contributed by atoms with Gasteiger partial charge >= 0.3 is 5.69 Å². The Hall–Kier alpha value is -3.81. The zero-order chi connectivity index (χ0) is 20.8. The van der Waals surface area contributed by atoms with Crippen molar-refractivity contribution in [3.05, 3.63) is 81.2 Å². The zero-order valence-corrected chi connectivity index (χ0v) is 16.7. The molecule has 0 spiro atoms. The third kappa shape index (κ3) is 2.80. The van der Waals surface area contributed by atoms with Crippen molar-refractivity contribution >= 4 is 16.8 Å². The molecule has 0 fully saturated rings. The van der Waals surface area contributed by atoms with Crippen LogP contribution in [0.25, 0.3) is 10.9 Å². The first kappa shape index (κ1) is 18.2. The molecule has 0 bridgehead atoms. The number of hydrogen-bond donors (Lipinski definition) is 3. The monoisotopic (exact) mass is 403 g/mol. The van der Waals surface area contributed by atoms with Crippen molar-refractivity contribution < 1.29 is 9.53 Å². The SMILES string of the molecule is COc1ccc(C2c3[nH]c4ccccc4c3CCN2C(=O)c2n[nH]c(=O)[nH]2)cc1C. The van der Waals surface area contributed by atoms with Crippen LogP contribution in [0, 0.1) is 6.92 Å². The molecule has 1 aliphatic rings. The lowest BCUT2D eigenvalue weighted by Gasteiger charge is -2.36. The first-order valence-corrected chi connectivity index (χ1v) is 9.76. The van der Waals surface area contributed by atoms with Gasteiger partial charge in [0, 0.05) is 23.1 Å². The molecule has 2 aromatic heterocycles. The Bertz CT molecular complexity index is 1320. The second-order valence-electron chi connectivity index (χ2n) is 7.47. The van der Waals surface area contributed by atoms with Crippen molar-refractivity contribution in [2.24, 2.45) is 0 Å². The van der Waals surface area contributed by atoms with E-state index in [2.05, 4.69) is 26.2 Å². The molecule has 0 saturated heterocycles. The minimum absolute atomic E-state index is 0.00907. The smallest absolute Gasteiger partial charge is 0.341 e. The number of amides is 1. The number of ether oxygens (including phenoxy) is 1. The lowest BCUT2D eigenvalue weighted by Crippen LogP contribution is -2.41. The van der Waals surface area contributed by atoms with Gasteiger partial charge in [0.05, 0.1) is 13.2 Å². The first-order valence-electron chi connectivity index (χ1n) is 9.76. The zero-order valence-electron chi connectivity index (χ0n) is 16.7. The van der Waals surface area contributed by atoms with E-state index >= 15 is 0 Å². The van der Waals surface area contributed by atoms with Gasteiger partial charge in [-0.25, -0.2) is 9.89 Å². The third-order valence-electron chi connectivity index (χ3n) is 5.73. The number of carbonyl (C=O) groups is 1. The Kier molecular flexibility index (Phi) is 4.20. The molecule has 1 unspecified atom stereocenters. The topological polar surface area (TPSA) is 107 Å². The summed E-state index contributed by atoms with van der Waals surface area (Å²) in [4.78, 5) is 32.5. The van der Waals surface area contributed by atoms with Gasteiger partial charge < -0.3 is 14.6 Å². The maximum absolute atomic E-state index is 13.3. The van der Waals surface area contributed by atoms with E-state index in [9.17, 15) is 9.59 Å². The van der Waals surface area contributed by atoms with Crippen LogP contribution in [0.5, 0.6) is 5.75 Å². The highest BCUT2D eigenvalue weighted by Crippen LogP contribution is 2.39. The van der Waals surface area contributed by atoms with Gasteiger partial charge in [-0.3, -0.25) is 9.78 Å². The number of methoxy groups -OCH3 is 1. The minimum atomic E-state index is -0.501. The third-order valence-corrected chi connectivity index (χ3v) is 5.73. The number of hydrogen-bond acceptors (Lipinski definition) is 4. The maximum atomic E-state index is 13.3. The van der Waals surface area contributed by atoms with Crippen LogP contribution in [0.15, 0.2) is 47.3 Å². The van der Waals surface area contributed by atoms with Gasteiger partial charge in [-0.2, -0.15) is 0 Å². The van der Waals surface area contributed by atoms with Crippen LogP contribution in [0.1, 0.15) is 39.0 Å². The largest absolute Gasteiger partial charge is 0.496 e. The number of aryl methyl sites for hydroxylation is 1. The van der Waals surface area contributed by atoms with Gasteiger partial charge in [0.15, 0.2) is 0 Å². The molecule has 1 amide bonds. The molecule has 1 atom stereocenters. The van der Waals surface area contributed by atoms with Gasteiger partial charge in [0.1, 0.15) is 5.75 Å². The van der Waals surface area contributed by atoms with Crippen LogP contribution in [-0.4, -0.2) is 44.6 Å². The Morgan fingerprint density at radius 2 is 2.03 bits per heavy atom. The minimum Gasteiger partial charge on any atom is -0.496 e. The predicted molar refractivity (Wildman–Crippen MR) is 112 cm³/mol. The fourth-order valence-electron chi connectivity index (χ4n) is 4.39. The first-order chi connectivity index (χ1) is 14.6. The molecular formula is C22H21N5O3. The second kappa shape index (κ2) is 6.91. The molecule has 4 aromatic rings. The molecular weight excluding hydrogens is 382 g/mol. The lowest BCUT2D eigenvalue weighted by molar-refractivity contribution is 0.0679. The predicted octanol–water partition coefficient (Wildman–Crippen LogP) is 2.68. The summed E-state index contributed by atoms with van der Waals surface area (Å²) in [6.07, 6.45) is 0.714. The average Bonchev–Trinajstić information content (AvgIpc) is 3.36. The molecule has 8 heteroatoms. The number of H-pyrrole nitrogens is 3. The fourth-order valence-corrected chi connectivity index (χ4v) is 4.39. The van der Waals surface area contributed by atoms with Gasteiger partial charge in [-0.05, 0) is 48.2 Å². The van der Waals surface area contributed by atoms with E-state index in [0.29, 0.717) is 13.0 Å². The van der Waals surface area contributed by atoms with Crippen LogP contribution in [0.4, 0.5) is 0 Å². The van der Waals surface area contributed by atoms with Crippen molar-refractivity contribution in [1.82, 2.24) is 25.1 Å². The highest BCUT2D eigenvalue weighted by molar-refractivity contribution is 5.92. The number of nitrogens with zero attached hydrogens (tertiary/aromatic N) is 2. The van der Waals surface area contributed by atoms with Crippen molar-refractivity contribution in [3.8, 4) is 5.75 Å². The highest BCUT2D eigenvalue weighted by Gasteiger charge is 2.36.